The number of nitrogens with zero attached hydrogens (tertiary/aromatic N) is 1. The summed E-state index contributed by atoms with van der Waals surface area (Å²) in [6, 6.07) is 9.50. The minimum Gasteiger partial charge on any atom is -0.381 e. The maximum atomic E-state index is 3.79. The molecule has 0 radical (unpaired) electrons. The van der Waals surface area contributed by atoms with E-state index in [-0.39, 0.29) is 0 Å². The fourth-order valence-electron chi connectivity index (χ4n) is 3.10. The molecule has 0 bridgehead atoms. The van der Waals surface area contributed by atoms with Gasteiger partial charge in [0.1, 0.15) is 0 Å². The Balaban J connectivity index is 1.69. The molecule has 1 aromatic rings. The first-order chi connectivity index (χ1) is 9.33. The molecule has 2 nitrogen and oxygen atoms in total. The molecule has 0 amide bonds. The summed E-state index contributed by atoms with van der Waals surface area (Å²) in [7, 11) is 0. The number of para-hydroxylation sites is 1. The van der Waals surface area contributed by atoms with Crippen molar-refractivity contribution in [1.82, 2.24) is 4.90 Å². The predicted molar refractivity (Wildman–Crippen MR) is 84.9 cm³/mol. The monoisotopic (exact) mass is 276 g/mol. The number of benzene rings is 1. The van der Waals surface area contributed by atoms with Crippen LogP contribution in [-0.2, 0) is 6.54 Å². The summed E-state index contributed by atoms with van der Waals surface area (Å²) in [4.78, 5) is 2.58. The zero-order valence-corrected chi connectivity index (χ0v) is 12.6. The van der Waals surface area contributed by atoms with Crippen LogP contribution in [0, 0.1) is 0 Å². The van der Waals surface area contributed by atoms with Crippen LogP contribution in [-0.4, -0.2) is 35.0 Å². The first kappa shape index (κ1) is 13.3. The SMILES string of the molecule is CC1SCCC1Nc1ccccc1CN1CCCC1. The lowest BCUT2D eigenvalue weighted by molar-refractivity contribution is 0.332. The van der Waals surface area contributed by atoms with E-state index in [1.807, 2.05) is 0 Å². The number of nitrogens with one attached hydrogen (secondary N) is 1. The van der Waals surface area contributed by atoms with Crippen LogP contribution in [0.25, 0.3) is 0 Å². The van der Waals surface area contributed by atoms with E-state index in [0.29, 0.717) is 6.04 Å². The summed E-state index contributed by atoms with van der Waals surface area (Å²) >= 11 is 2.09. The minimum absolute atomic E-state index is 0.643. The molecule has 1 aromatic carbocycles. The molecule has 104 valence electrons. The van der Waals surface area contributed by atoms with Crippen LogP contribution in [0.1, 0.15) is 31.7 Å². The molecule has 2 aliphatic heterocycles. The maximum absolute atomic E-state index is 3.79. The fraction of sp³-hybridized carbons (Fsp3) is 0.625. The Bertz CT molecular complexity index is 415. The van der Waals surface area contributed by atoms with Crippen LogP contribution in [0.2, 0.25) is 0 Å². The predicted octanol–water partition coefficient (Wildman–Crippen LogP) is 3.59. The highest BCUT2D eigenvalue weighted by Crippen LogP contribution is 2.30. The van der Waals surface area contributed by atoms with Gasteiger partial charge in [0, 0.05) is 23.5 Å². The number of likely N-dealkylation sites (tertiary alicyclic amines) is 1. The fourth-order valence-corrected chi connectivity index (χ4v) is 4.30. The Labute approximate surface area is 121 Å². The van der Waals surface area contributed by atoms with Crippen molar-refractivity contribution in [1.29, 1.82) is 0 Å². The van der Waals surface area contributed by atoms with E-state index < -0.39 is 0 Å². The van der Waals surface area contributed by atoms with Crippen LogP contribution in [0.4, 0.5) is 5.69 Å². The average molecular weight is 276 g/mol. The number of rotatable bonds is 4. The lowest BCUT2D eigenvalue weighted by atomic mass is 10.1. The molecule has 2 heterocycles. The van der Waals surface area contributed by atoms with E-state index >= 15 is 0 Å². The van der Waals surface area contributed by atoms with Gasteiger partial charge in [0.05, 0.1) is 0 Å². The molecule has 3 rings (SSSR count). The third kappa shape index (κ3) is 3.26. The summed E-state index contributed by atoms with van der Waals surface area (Å²) in [6.07, 6.45) is 4.03. The van der Waals surface area contributed by atoms with Crippen molar-refractivity contribution in [3.8, 4) is 0 Å². The highest BCUT2D eigenvalue weighted by molar-refractivity contribution is 8.00. The summed E-state index contributed by atoms with van der Waals surface area (Å²) < 4.78 is 0. The summed E-state index contributed by atoms with van der Waals surface area (Å²) in [6.45, 7) is 5.99. The van der Waals surface area contributed by atoms with Gasteiger partial charge < -0.3 is 5.32 Å². The highest BCUT2D eigenvalue weighted by atomic mass is 32.2. The lowest BCUT2D eigenvalue weighted by Crippen LogP contribution is -2.26. The van der Waals surface area contributed by atoms with Crippen LogP contribution in [0.15, 0.2) is 24.3 Å². The van der Waals surface area contributed by atoms with E-state index in [1.54, 1.807) is 0 Å². The standard InChI is InChI=1S/C16H24N2S/c1-13-15(8-11-19-13)17-16-7-3-2-6-14(16)12-18-9-4-5-10-18/h2-3,6-7,13,15,17H,4-5,8-12H2,1H3. The molecule has 2 aliphatic rings. The van der Waals surface area contributed by atoms with Gasteiger partial charge in [0.2, 0.25) is 0 Å². The van der Waals surface area contributed by atoms with E-state index in [1.165, 1.54) is 49.4 Å². The van der Waals surface area contributed by atoms with E-state index in [0.717, 1.165) is 11.8 Å². The van der Waals surface area contributed by atoms with Crippen molar-refractivity contribution >= 4 is 17.4 Å². The summed E-state index contributed by atoms with van der Waals surface area (Å²) in [5.74, 6) is 1.30. The Hall–Kier alpha value is -0.670. The molecular weight excluding hydrogens is 252 g/mol. The molecule has 0 spiro atoms. The van der Waals surface area contributed by atoms with Crippen LogP contribution < -0.4 is 5.32 Å². The Kier molecular flexibility index (Phi) is 4.34. The minimum atomic E-state index is 0.643. The van der Waals surface area contributed by atoms with Gasteiger partial charge in [0.15, 0.2) is 0 Å². The first-order valence-electron chi connectivity index (χ1n) is 7.51. The molecule has 3 heteroatoms. The third-order valence-electron chi connectivity index (χ3n) is 4.33. The topological polar surface area (TPSA) is 15.3 Å². The second kappa shape index (κ2) is 6.19. The lowest BCUT2D eigenvalue weighted by Gasteiger charge is -2.22. The van der Waals surface area contributed by atoms with Gasteiger partial charge >= 0.3 is 0 Å². The molecular formula is C16H24N2S. The summed E-state index contributed by atoms with van der Waals surface area (Å²) in [5, 5.41) is 4.52. The molecule has 2 fully saturated rings. The molecule has 0 aromatic heterocycles. The number of hydrogen-bond acceptors (Lipinski definition) is 3. The molecule has 2 atom stereocenters. The normalized spacial score (nSPS) is 27.8. The summed E-state index contributed by atoms with van der Waals surface area (Å²) in [5.41, 5.74) is 2.82. The van der Waals surface area contributed by atoms with Crippen molar-refractivity contribution in [3.63, 3.8) is 0 Å². The van der Waals surface area contributed by atoms with E-state index in [2.05, 4.69) is 53.2 Å². The second-order valence-corrected chi connectivity index (χ2v) is 7.24. The van der Waals surface area contributed by atoms with E-state index in [9.17, 15) is 0 Å². The van der Waals surface area contributed by atoms with Gasteiger partial charge in [-0.25, -0.2) is 0 Å². The van der Waals surface area contributed by atoms with Crippen molar-refractivity contribution in [2.75, 3.05) is 24.2 Å². The van der Waals surface area contributed by atoms with Gasteiger partial charge in [-0.05, 0) is 49.7 Å². The Morgan fingerprint density at radius 3 is 2.79 bits per heavy atom. The first-order valence-corrected chi connectivity index (χ1v) is 8.56. The largest absolute Gasteiger partial charge is 0.381 e. The van der Waals surface area contributed by atoms with Crippen molar-refractivity contribution in [2.24, 2.45) is 0 Å². The molecule has 19 heavy (non-hydrogen) atoms. The van der Waals surface area contributed by atoms with Crippen LogP contribution >= 0.6 is 11.8 Å². The zero-order valence-electron chi connectivity index (χ0n) is 11.8. The average Bonchev–Trinajstić information content (AvgIpc) is 3.05. The van der Waals surface area contributed by atoms with Gasteiger partial charge in [-0.15, -0.1) is 0 Å². The zero-order chi connectivity index (χ0) is 13.1. The van der Waals surface area contributed by atoms with E-state index in [4.69, 9.17) is 0 Å². The van der Waals surface area contributed by atoms with Crippen LogP contribution in [0.3, 0.4) is 0 Å². The molecule has 2 saturated heterocycles. The number of thioether (sulfide) groups is 1. The van der Waals surface area contributed by atoms with Gasteiger partial charge in [-0.3, -0.25) is 4.90 Å². The molecule has 0 saturated carbocycles. The smallest absolute Gasteiger partial charge is 0.0388 e. The molecule has 0 aliphatic carbocycles. The van der Waals surface area contributed by atoms with Gasteiger partial charge in [0.25, 0.3) is 0 Å². The Morgan fingerprint density at radius 1 is 1.26 bits per heavy atom. The van der Waals surface area contributed by atoms with Gasteiger partial charge in [-0.2, -0.15) is 11.8 Å². The Morgan fingerprint density at radius 2 is 2.05 bits per heavy atom. The van der Waals surface area contributed by atoms with Crippen molar-refractivity contribution in [2.45, 2.75) is 44.0 Å². The molecule has 1 N–H and O–H groups in total. The van der Waals surface area contributed by atoms with Gasteiger partial charge in [-0.1, -0.05) is 25.1 Å². The quantitative estimate of drug-likeness (QED) is 0.905. The number of hydrogen-bond donors (Lipinski definition) is 1. The highest BCUT2D eigenvalue weighted by Gasteiger charge is 2.24. The number of anilines is 1. The van der Waals surface area contributed by atoms with Crippen LogP contribution in [0.5, 0.6) is 0 Å². The third-order valence-corrected chi connectivity index (χ3v) is 5.65. The van der Waals surface area contributed by atoms with Crippen molar-refractivity contribution in [3.05, 3.63) is 29.8 Å². The maximum Gasteiger partial charge on any atom is 0.0388 e. The van der Waals surface area contributed by atoms with Crippen molar-refractivity contribution < 1.29 is 0 Å². The molecule has 2 unspecified atom stereocenters. The second-order valence-electron chi connectivity index (χ2n) is 5.76.